The highest BCUT2D eigenvalue weighted by Gasteiger charge is 2.12. The molecule has 1 aromatic carbocycles. The van der Waals surface area contributed by atoms with E-state index < -0.39 is 0 Å². The van der Waals surface area contributed by atoms with Gasteiger partial charge in [0.25, 0.3) is 0 Å². The lowest BCUT2D eigenvalue weighted by Gasteiger charge is -2.11. The molecule has 0 atom stereocenters. The van der Waals surface area contributed by atoms with Gasteiger partial charge in [-0.25, -0.2) is 0 Å². The molecule has 0 unspecified atom stereocenters. The number of thiocarbonyl (C=S) groups is 1. The summed E-state index contributed by atoms with van der Waals surface area (Å²) in [5.74, 6) is 0. The van der Waals surface area contributed by atoms with Crippen molar-refractivity contribution in [3.05, 3.63) is 53.3 Å². The van der Waals surface area contributed by atoms with E-state index in [2.05, 4.69) is 28.5 Å². The summed E-state index contributed by atoms with van der Waals surface area (Å²) in [4.78, 5) is 4.53. The van der Waals surface area contributed by atoms with Crippen LogP contribution in [0, 0.1) is 0 Å². The topological polar surface area (TPSA) is 50.9 Å². The highest BCUT2D eigenvalue weighted by molar-refractivity contribution is 7.80. The molecule has 0 aliphatic heterocycles. The van der Waals surface area contributed by atoms with Crippen LogP contribution in [0.2, 0.25) is 0 Å². The van der Waals surface area contributed by atoms with Crippen molar-refractivity contribution in [3.8, 4) is 0 Å². The average Bonchev–Trinajstić information content (AvgIpc) is 2.86. The highest BCUT2D eigenvalue weighted by Crippen LogP contribution is 2.27. The number of aryl methyl sites for hydroxylation is 2. The number of hydrogen-bond donors (Lipinski definition) is 2. The van der Waals surface area contributed by atoms with Crippen LogP contribution in [0.25, 0.3) is 0 Å². The van der Waals surface area contributed by atoms with Crippen molar-refractivity contribution in [2.75, 3.05) is 5.32 Å². The summed E-state index contributed by atoms with van der Waals surface area (Å²) in [5.41, 5.74) is 11.1. The second-order valence-corrected chi connectivity index (χ2v) is 5.17. The Bertz CT molecular complexity index is 637. The van der Waals surface area contributed by atoms with Crippen molar-refractivity contribution in [1.29, 1.82) is 0 Å². The number of hydrogen-bond acceptors (Lipinski definition) is 3. The fraction of sp³-hybridized carbons (Fsp3) is 0.200. The SMILES string of the molecule is NC(=S)c1ncccc1Nc1ccc2c(c1)CCC2. The van der Waals surface area contributed by atoms with Gasteiger partial charge in [-0.2, -0.15) is 0 Å². The monoisotopic (exact) mass is 269 g/mol. The first-order chi connectivity index (χ1) is 9.24. The summed E-state index contributed by atoms with van der Waals surface area (Å²) in [6.45, 7) is 0. The standard InChI is InChI=1S/C15H15N3S/c16-15(19)14-13(5-2-8-17-14)18-12-7-6-10-3-1-4-11(10)9-12/h2,5-9,18H,1,3-4H2,(H2,16,19). The molecular formula is C15H15N3S. The van der Waals surface area contributed by atoms with Gasteiger partial charge >= 0.3 is 0 Å². The van der Waals surface area contributed by atoms with Gasteiger partial charge in [-0.1, -0.05) is 18.3 Å². The van der Waals surface area contributed by atoms with E-state index in [0.29, 0.717) is 10.7 Å². The lowest BCUT2D eigenvalue weighted by Crippen LogP contribution is -2.13. The summed E-state index contributed by atoms with van der Waals surface area (Å²) in [6, 6.07) is 10.3. The van der Waals surface area contributed by atoms with Crippen molar-refractivity contribution in [2.45, 2.75) is 19.3 Å². The van der Waals surface area contributed by atoms with Crippen molar-refractivity contribution < 1.29 is 0 Å². The molecule has 0 amide bonds. The van der Waals surface area contributed by atoms with E-state index in [1.807, 2.05) is 12.1 Å². The van der Waals surface area contributed by atoms with E-state index in [1.54, 1.807) is 6.20 Å². The zero-order chi connectivity index (χ0) is 13.2. The van der Waals surface area contributed by atoms with Crippen molar-refractivity contribution in [2.24, 2.45) is 5.73 Å². The minimum absolute atomic E-state index is 0.310. The molecule has 0 fully saturated rings. The number of aromatic nitrogens is 1. The Morgan fingerprint density at radius 2 is 2.05 bits per heavy atom. The van der Waals surface area contributed by atoms with Crippen molar-refractivity contribution >= 4 is 28.6 Å². The maximum absolute atomic E-state index is 5.69. The van der Waals surface area contributed by atoms with Crippen LogP contribution in [-0.2, 0) is 12.8 Å². The number of fused-ring (bicyclic) bond motifs is 1. The van der Waals surface area contributed by atoms with E-state index in [4.69, 9.17) is 18.0 Å². The van der Waals surface area contributed by atoms with Crippen LogP contribution in [0.4, 0.5) is 11.4 Å². The summed E-state index contributed by atoms with van der Waals surface area (Å²) in [5, 5.41) is 3.35. The molecule has 3 nitrogen and oxygen atoms in total. The third kappa shape index (κ3) is 2.44. The smallest absolute Gasteiger partial charge is 0.124 e. The molecule has 1 heterocycles. The molecule has 3 N–H and O–H groups in total. The molecule has 1 aliphatic rings. The number of rotatable bonds is 3. The Morgan fingerprint density at radius 1 is 1.21 bits per heavy atom. The molecule has 1 aromatic heterocycles. The summed E-state index contributed by atoms with van der Waals surface area (Å²) >= 11 is 5.02. The van der Waals surface area contributed by atoms with Gasteiger partial charge in [0.05, 0.1) is 5.69 Å². The van der Waals surface area contributed by atoms with Crippen molar-refractivity contribution in [3.63, 3.8) is 0 Å². The summed E-state index contributed by atoms with van der Waals surface area (Å²) in [6.07, 6.45) is 5.31. The van der Waals surface area contributed by atoms with Crippen LogP contribution in [0.1, 0.15) is 23.2 Å². The first kappa shape index (κ1) is 12.1. The van der Waals surface area contributed by atoms with E-state index in [9.17, 15) is 0 Å². The van der Waals surface area contributed by atoms with Gasteiger partial charge in [-0.05, 0) is 54.7 Å². The average molecular weight is 269 g/mol. The van der Waals surface area contributed by atoms with Gasteiger partial charge in [-0.3, -0.25) is 4.98 Å². The van der Waals surface area contributed by atoms with Crippen LogP contribution in [0.3, 0.4) is 0 Å². The predicted molar refractivity (Wildman–Crippen MR) is 81.9 cm³/mol. The van der Waals surface area contributed by atoms with Crippen LogP contribution in [0.5, 0.6) is 0 Å². The number of anilines is 2. The number of benzene rings is 1. The molecule has 19 heavy (non-hydrogen) atoms. The first-order valence-corrected chi connectivity index (χ1v) is 6.78. The third-order valence-corrected chi connectivity index (χ3v) is 3.61. The largest absolute Gasteiger partial charge is 0.388 e. The lowest BCUT2D eigenvalue weighted by molar-refractivity contribution is 0.912. The molecular weight excluding hydrogens is 254 g/mol. The normalized spacial score (nSPS) is 13.1. The summed E-state index contributed by atoms with van der Waals surface area (Å²) < 4.78 is 0. The lowest BCUT2D eigenvalue weighted by atomic mass is 10.1. The number of pyridine rings is 1. The van der Waals surface area contributed by atoms with Crippen LogP contribution < -0.4 is 11.1 Å². The van der Waals surface area contributed by atoms with E-state index >= 15 is 0 Å². The Hall–Kier alpha value is -1.94. The predicted octanol–water partition coefficient (Wildman–Crippen LogP) is 2.95. The molecule has 96 valence electrons. The second-order valence-electron chi connectivity index (χ2n) is 4.73. The zero-order valence-corrected chi connectivity index (χ0v) is 11.3. The van der Waals surface area contributed by atoms with Crippen LogP contribution >= 0.6 is 12.2 Å². The molecule has 4 heteroatoms. The van der Waals surface area contributed by atoms with Crippen LogP contribution in [0.15, 0.2) is 36.5 Å². The maximum atomic E-state index is 5.69. The minimum atomic E-state index is 0.310. The van der Waals surface area contributed by atoms with E-state index in [1.165, 1.54) is 30.4 Å². The van der Waals surface area contributed by atoms with Gasteiger partial charge in [0.15, 0.2) is 0 Å². The fourth-order valence-corrected chi connectivity index (χ4v) is 2.67. The Balaban J connectivity index is 1.91. The quantitative estimate of drug-likeness (QED) is 0.841. The molecule has 3 rings (SSSR count). The van der Waals surface area contributed by atoms with Gasteiger partial charge in [0.1, 0.15) is 10.7 Å². The van der Waals surface area contributed by atoms with Gasteiger partial charge in [0.2, 0.25) is 0 Å². The molecule has 2 aromatic rings. The molecule has 0 bridgehead atoms. The molecule has 0 radical (unpaired) electrons. The molecule has 0 spiro atoms. The van der Waals surface area contributed by atoms with Gasteiger partial charge < -0.3 is 11.1 Å². The number of nitrogens with one attached hydrogen (secondary N) is 1. The molecule has 0 saturated carbocycles. The maximum Gasteiger partial charge on any atom is 0.124 e. The highest BCUT2D eigenvalue weighted by atomic mass is 32.1. The Morgan fingerprint density at radius 3 is 2.89 bits per heavy atom. The number of nitrogens with zero attached hydrogens (tertiary/aromatic N) is 1. The Labute approximate surface area is 117 Å². The van der Waals surface area contributed by atoms with E-state index in [-0.39, 0.29) is 0 Å². The van der Waals surface area contributed by atoms with E-state index in [0.717, 1.165) is 11.4 Å². The van der Waals surface area contributed by atoms with Crippen molar-refractivity contribution in [1.82, 2.24) is 4.98 Å². The molecule has 1 aliphatic carbocycles. The van der Waals surface area contributed by atoms with Gasteiger partial charge in [-0.15, -0.1) is 0 Å². The fourth-order valence-electron chi connectivity index (χ4n) is 2.51. The third-order valence-electron chi connectivity index (χ3n) is 3.42. The van der Waals surface area contributed by atoms with Crippen LogP contribution in [-0.4, -0.2) is 9.97 Å². The van der Waals surface area contributed by atoms with Gasteiger partial charge in [0, 0.05) is 11.9 Å². The summed E-state index contributed by atoms with van der Waals surface area (Å²) in [7, 11) is 0. The zero-order valence-electron chi connectivity index (χ0n) is 10.5. The number of nitrogens with two attached hydrogens (primary N) is 1. The Kier molecular flexibility index (Phi) is 3.17. The second kappa shape index (κ2) is 4.97. The minimum Gasteiger partial charge on any atom is -0.388 e. The first-order valence-electron chi connectivity index (χ1n) is 6.38. The molecule has 0 saturated heterocycles.